The number of amides is 1. The molecular formula is C12H21N3O. The zero-order chi connectivity index (χ0) is 12.0. The fraction of sp³-hybridized carbons (Fsp3) is 0.833. The summed E-state index contributed by atoms with van der Waals surface area (Å²) in [5.41, 5.74) is 0. The second-order valence-electron chi connectivity index (χ2n) is 4.58. The summed E-state index contributed by atoms with van der Waals surface area (Å²) in [5, 5.41) is 14.7. The van der Waals surface area contributed by atoms with Crippen LogP contribution in [0.15, 0.2) is 0 Å². The first-order valence-corrected chi connectivity index (χ1v) is 6.08. The Morgan fingerprint density at radius 2 is 2.44 bits per heavy atom. The van der Waals surface area contributed by atoms with Crippen molar-refractivity contribution >= 4 is 5.91 Å². The molecule has 0 radical (unpaired) electrons. The molecule has 1 saturated heterocycles. The summed E-state index contributed by atoms with van der Waals surface area (Å²) in [6.45, 7) is 5.35. The molecule has 4 heteroatoms. The first-order valence-electron chi connectivity index (χ1n) is 6.08. The summed E-state index contributed by atoms with van der Waals surface area (Å²) >= 11 is 0. The molecule has 0 bridgehead atoms. The van der Waals surface area contributed by atoms with Gasteiger partial charge in [0.2, 0.25) is 5.91 Å². The highest BCUT2D eigenvalue weighted by atomic mass is 16.2. The van der Waals surface area contributed by atoms with Crippen molar-refractivity contribution < 1.29 is 4.79 Å². The molecule has 0 aromatic rings. The normalized spacial score (nSPS) is 26.8. The van der Waals surface area contributed by atoms with Crippen molar-refractivity contribution in [1.82, 2.24) is 10.6 Å². The number of carbonyl (C=O) groups is 1. The van der Waals surface area contributed by atoms with Crippen LogP contribution in [0.3, 0.4) is 0 Å². The number of piperidine rings is 1. The van der Waals surface area contributed by atoms with Gasteiger partial charge in [0, 0.05) is 6.54 Å². The van der Waals surface area contributed by atoms with E-state index in [0.29, 0.717) is 12.5 Å². The zero-order valence-electron chi connectivity index (χ0n) is 10.1. The van der Waals surface area contributed by atoms with E-state index < -0.39 is 0 Å². The van der Waals surface area contributed by atoms with Gasteiger partial charge in [0.25, 0.3) is 0 Å². The lowest BCUT2D eigenvalue weighted by Crippen LogP contribution is -2.49. The number of hydrogen-bond donors (Lipinski definition) is 2. The van der Waals surface area contributed by atoms with Crippen LogP contribution in [0.4, 0.5) is 0 Å². The third kappa shape index (κ3) is 3.82. The largest absolute Gasteiger partial charge is 0.353 e. The highest BCUT2D eigenvalue weighted by molar-refractivity contribution is 5.81. The molecule has 16 heavy (non-hydrogen) atoms. The van der Waals surface area contributed by atoms with Gasteiger partial charge in [-0.15, -0.1) is 0 Å². The van der Waals surface area contributed by atoms with Crippen LogP contribution in [0, 0.1) is 23.2 Å². The Bertz CT molecular complexity index is 272. The summed E-state index contributed by atoms with van der Waals surface area (Å²) < 4.78 is 0. The maximum absolute atomic E-state index is 11.8. The quantitative estimate of drug-likeness (QED) is 0.748. The minimum absolute atomic E-state index is 0.0419. The Kier molecular flexibility index (Phi) is 5.27. The van der Waals surface area contributed by atoms with Crippen molar-refractivity contribution in [2.45, 2.75) is 39.2 Å². The number of nitrogens with zero attached hydrogens (tertiary/aromatic N) is 1. The third-order valence-electron chi connectivity index (χ3n) is 3.21. The van der Waals surface area contributed by atoms with Gasteiger partial charge in [-0.05, 0) is 32.2 Å². The first kappa shape index (κ1) is 13.0. The molecule has 1 heterocycles. The highest BCUT2D eigenvalue weighted by Gasteiger charge is 2.25. The van der Waals surface area contributed by atoms with Gasteiger partial charge >= 0.3 is 0 Å². The molecule has 0 aromatic carbocycles. The Morgan fingerprint density at radius 1 is 1.69 bits per heavy atom. The second-order valence-corrected chi connectivity index (χ2v) is 4.58. The van der Waals surface area contributed by atoms with Crippen molar-refractivity contribution in [1.29, 1.82) is 5.26 Å². The molecule has 90 valence electrons. The van der Waals surface area contributed by atoms with Gasteiger partial charge in [-0.1, -0.05) is 13.3 Å². The lowest BCUT2D eigenvalue weighted by atomic mass is 9.90. The summed E-state index contributed by atoms with van der Waals surface area (Å²) in [5.74, 6) is 0.583. The van der Waals surface area contributed by atoms with Crippen LogP contribution in [0.1, 0.15) is 33.1 Å². The topological polar surface area (TPSA) is 64.9 Å². The van der Waals surface area contributed by atoms with Gasteiger partial charge in [0.15, 0.2) is 0 Å². The van der Waals surface area contributed by atoms with E-state index in [0.717, 1.165) is 25.8 Å². The van der Waals surface area contributed by atoms with Gasteiger partial charge in [0.1, 0.15) is 0 Å². The van der Waals surface area contributed by atoms with E-state index in [-0.39, 0.29) is 17.9 Å². The zero-order valence-corrected chi connectivity index (χ0v) is 10.1. The van der Waals surface area contributed by atoms with Crippen molar-refractivity contribution in [3.8, 4) is 6.07 Å². The fourth-order valence-electron chi connectivity index (χ4n) is 1.99. The molecule has 0 spiro atoms. The standard InChI is InChI=1S/C12H21N3O/c1-3-10-4-5-14-11(6-10)12(16)15-8-9(2)7-13/h9-11,14H,3-6,8H2,1-2H3,(H,15,16). The number of nitrogens with one attached hydrogen (secondary N) is 2. The summed E-state index contributed by atoms with van der Waals surface area (Å²) in [6.07, 6.45) is 3.22. The van der Waals surface area contributed by atoms with Gasteiger partial charge in [-0.25, -0.2) is 0 Å². The molecule has 1 fully saturated rings. The average Bonchev–Trinajstić information content (AvgIpc) is 2.35. The van der Waals surface area contributed by atoms with Crippen LogP contribution in [0.25, 0.3) is 0 Å². The van der Waals surface area contributed by atoms with Crippen molar-refractivity contribution in [2.75, 3.05) is 13.1 Å². The van der Waals surface area contributed by atoms with Crippen LogP contribution in [0.2, 0.25) is 0 Å². The molecule has 3 atom stereocenters. The van der Waals surface area contributed by atoms with Crippen LogP contribution in [-0.2, 0) is 4.79 Å². The molecule has 3 unspecified atom stereocenters. The van der Waals surface area contributed by atoms with E-state index in [1.807, 2.05) is 6.92 Å². The van der Waals surface area contributed by atoms with Crippen LogP contribution < -0.4 is 10.6 Å². The molecule has 1 aliphatic rings. The van der Waals surface area contributed by atoms with Crippen molar-refractivity contribution in [3.05, 3.63) is 0 Å². The Labute approximate surface area is 97.4 Å². The van der Waals surface area contributed by atoms with E-state index >= 15 is 0 Å². The number of carbonyl (C=O) groups excluding carboxylic acids is 1. The Balaban J connectivity index is 2.33. The van der Waals surface area contributed by atoms with E-state index in [9.17, 15) is 4.79 Å². The van der Waals surface area contributed by atoms with Gasteiger partial charge in [-0.2, -0.15) is 5.26 Å². The lowest BCUT2D eigenvalue weighted by Gasteiger charge is -2.28. The summed E-state index contributed by atoms with van der Waals surface area (Å²) in [4.78, 5) is 11.8. The maximum atomic E-state index is 11.8. The highest BCUT2D eigenvalue weighted by Crippen LogP contribution is 2.19. The Morgan fingerprint density at radius 3 is 3.06 bits per heavy atom. The lowest BCUT2D eigenvalue weighted by molar-refractivity contribution is -0.124. The van der Waals surface area contributed by atoms with Gasteiger partial charge in [0.05, 0.1) is 18.0 Å². The van der Waals surface area contributed by atoms with Crippen LogP contribution in [-0.4, -0.2) is 25.0 Å². The Hall–Kier alpha value is -1.08. The molecule has 2 N–H and O–H groups in total. The molecule has 0 aromatic heterocycles. The van der Waals surface area contributed by atoms with Gasteiger partial charge < -0.3 is 10.6 Å². The predicted octanol–water partition coefficient (Wildman–Crippen LogP) is 1.04. The van der Waals surface area contributed by atoms with Crippen LogP contribution >= 0.6 is 0 Å². The molecular weight excluding hydrogens is 202 g/mol. The fourth-order valence-corrected chi connectivity index (χ4v) is 1.99. The minimum atomic E-state index is -0.116. The predicted molar refractivity (Wildman–Crippen MR) is 62.6 cm³/mol. The molecule has 1 aliphatic heterocycles. The minimum Gasteiger partial charge on any atom is -0.353 e. The first-order chi connectivity index (χ1) is 7.67. The smallest absolute Gasteiger partial charge is 0.237 e. The average molecular weight is 223 g/mol. The number of hydrogen-bond acceptors (Lipinski definition) is 3. The maximum Gasteiger partial charge on any atom is 0.237 e. The van der Waals surface area contributed by atoms with Crippen LogP contribution in [0.5, 0.6) is 0 Å². The van der Waals surface area contributed by atoms with E-state index in [4.69, 9.17) is 5.26 Å². The van der Waals surface area contributed by atoms with Crippen molar-refractivity contribution in [3.63, 3.8) is 0 Å². The second kappa shape index (κ2) is 6.49. The SMILES string of the molecule is CCC1CCNC(C(=O)NCC(C)C#N)C1. The molecule has 0 saturated carbocycles. The van der Waals surface area contributed by atoms with Gasteiger partial charge in [-0.3, -0.25) is 4.79 Å². The van der Waals surface area contributed by atoms with E-state index in [1.54, 1.807) is 0 Å². The monoisotopic (exact) mass is 223 g/mol. The summed E-state index contributed by atoms with van der Waals surface area (Å²) in [6, 6.07) is 2.04. The molecule has 1 amide bonds. The van der Waals surface area contributed by atoms with E-state index in [2.05, 4.69) is 23.6 Å². The molecule has 4 nitrogen and oxygen atoms in total. The number of nitriles is 1. The third-order valence-corrected chi connectivity index (χ3v) is 3.21. The molecule has 1 rings (SSSR count). The molecule has 0 aliphatic carbocycles. The summed E-state index contributed by atoms with van der Waals surface area (Å²) in [7, 11) is 0. The number of rotatable bonds is 4. The van der Waals surface area contributed by atoms with Crippen molar-refractivity contribution in [2.24, 2.45) is 11.8 Å². The van der Waals surface area contributed by atoms with E-state index in [1.165, 1.54) is 0 Å².